The first-order valence-electron chi connectivity index (χ1n) is 23.2. The van der Waals surface area contributed by atoms with Crippen molar-refractivity contribution in [2.75, 3.05) is 52.0 Å². The molecule has 22 heterocycles. The lowest BCUT2D eigenvalue weighted by Crippen LogP contribution is -2.69. The topological polar surface area (TPSA) is 518 Å². The molecule has 0 aromatic rings. The highest BCUT2D eigenvalue weighted by atomic mass is 32.2. The molecule has 0 aliphatic carbocycles. The van der Waals surface area contributed by atoms with Crippen molar-refractivity contribution in [1.29, 1.82) is 0 Å². The number of aliphatic hydroxyl groups is 17. The summed E-state index contributed by atoms with van der Waals surface area (Å²) in [6.07, 6.45) is -59.8. The Labute approximate surface area is 413 Å². The van der Waals surface area contributed by atoms with Gasteiger partial charge in [0.15, 0.2) is 37.7 Å². The summed E-state index contributed by atoms with van der Waals surface area (Å²) in [5, 5.41) is 187. The monoisotopic (exact) mass is 1090 g/mol. The van der Waals surface area contributed by atoms with E-state index in [0.717, 1.165) is 0 Å². The van der Waals surface area contributed by atoms with E-state index in [1.807, 2.05) is 0 Å². The molecule has 426 valence electrons. The average molecular weight is 1090 g/mol. The second-order valence-corrected chi connectivity index (χ2v) is 19.9. The molecule has 12 bridgehead atoms. The van der Waals surface area contributed by atoms with Crippen LogP contribution in [0.4, 0.5) is 0 Å². The highest BCUT2D eigenvalue weighted by Crippen LogP contribution is 2.38. The van der Waals surface area contributed by atoms with E-state index in [9.17, 15) is 99.8 Å². The van der Waals surface area contributed by atoms with Crippen LogP contribution in [0.15, 0.2) is 0 Å². The van der Waals surface area contributed by atoms with Crippen molar-refractivity contribution >= 4 is 10.1 Å². The third-order valence-electron chi connectivity index (χ3n) is 13.5. The fraction of sp³-hybridized carbons (Fsp3) is 1.00. The SMILES string of the molecule is O=S(=O)(O)CCCO[C@@H]1[C@@H](O)[C@H]2O[C@H]3[C@H](O)[C@@H](O)[C@@H](O[C@H]4[C@H](O)[C@@H](O)[C@@H](O[C@H]5[C@H](O)[C@@H](O)[C@@H](O[C@H]6[C@H](O)[C@@H](O)[C@@H](O[C@H]7[C@H](O)[C@@H](O)[C@@H](O[C@H]1[C@@H](CO)O2)O[C@@H]7CO)O[C@@H]6CO)O[C@@H]5CO)O[C@@H]4CO)O[C@@H]3CO. The zero-order valence-electron chi connectivity index (χ0n) is 38.3. The van der Waals surface area contributed by atoms with Crippen molar-refractivity contribution in [2.45, 2.75) is 191 Å². The Morgan fingerprint density at radius 1 is 0.315 bits per heavy atom. The van der Waals surface area contributed by atoms with Crippen molar-refractivity contribution < 1.29 is 161 Å². The maximum absolute atomic E-state index is 11.7. The molecule has 33 nitrogen and oxygen atoms in total. The molecule has 22 fully saturated rings. The van der Waals surface area contributed by atoms with Gasteiger partial charge in [-0.05, 0) is 6.42 Å². The van der Waals surface area contributed by atoms with Crippen LogP contribution in [-0.2, 0) is 71.7 Å². The quantitative estimate of drug-likeness (QED) is 0.0675. The van der Waals surface area contributed by atoms with E-state index in [-0.39, 0.29) is 0 Å². The summed E-state index contributed by atoms with van der Waals surface area (Å²) in [6.45, 7) is -6.81. The van der Waals surface area contributed by atoms with Gasteiger partial charge in [-0.2, -0.15) is 8.42 Å². The summed E-state index contributed by atoms with van der Waals surface area (Å²) in [4.78, 5) is 0. The lowest BCUT2D eigenvalue weighted by atomic mass is 9.94. The zero-order chi connectivity index (χ0) is 53.4. The fourth-order valence-electron chi connectivity index (χ4n) is 9.56. The predicted molar refractivity (Wildman–Crippen MR) is 221 cm³/mol. The fourth-order valence-corrected chi connectivity index (χ4v) is 10.0. The Hall–Kier alpha value is -1.29. The molecule has 0 amide bonds. The van der Waals surface area contributed by atoms with Gasteiger partial charge in [-0.15, -0.1) is 0 Å². The van der Waals surface area contributed by atoms with Gasteiger partial charge in [-0.1, -0.05) is 0 Å². The molecule has 22 aliphatic heterocycles. The normalized spacial score (nSPS) is 51.4. The minimum atomic E-state index is -4.55. The number of rotatable bonds is 11. The van der Waals surface area contributed by atoms with Crippen molar-refractivity contribution in [3.8, 4) is 0 Å². The van der Waals surface area contributed by atoms with E-state index in [2.05, 4.69) is 0 Å². The molecular weight excluding hydrogens is 1030 g/mol. The number of aliphatic hydroxyl groups excluding tert-OH is 17. The van der Waals surface area contributed by atoms with Crippen LogP contribution in [0.5, 0.6) is 0 Å². The number of hydrogen-bond donors (Lipinski definition) is 18. The van der Waals surface area contributed by atoms with E-state index >= 15 is 0 Å². The molecule has 73 heavy (non-hydrogen) atoms. The van der Waals surface area contributed by atoms with Gasteiger partial charge in [0.05, 0.1) is 45.4 Å². The maximum atomic E-state index is 11.7. The Balaban J connectivity index is 1.22. The van der Waals surface area contributed by atoms with Crippen molar-refractivity contribution in [3.63, 3.8) is 0 Å². The summed E-state index contributed by atoms with van der Waals surface area (Å²) in [5.41, 5.74) is 0. The molecule has 0 aromatic heterocycles. The molecule has 0 aromatic carbocycles. The van der Waals surface area contributed by atoms with E-state index in [4.69, 9.17) is 61.6 Å². The summed E-state index contributed by atoms with van der Waals surface area (Å²) in [7, 11) is -4.55. The standard InChI is InChI=1S/C39H66O33S/c40-4-10-27-16(46)21(51)34(61-10)68-28-11(5-41)63-36(23(53)18(28)48)70-30-13(7-43)65-38(25(55)20(30)50)72-32-15(9-45)66-39(26(56)33(32)60-2-1-3-73(57,58)59)71-31-14(8-44)64-37(24(54)19(31)49)69-29-12(6-42)62-35(67-27)22(52)17(29)47/h10-56H,1-9H2,(H,57,58,59)/t10-,11-,12-,13-,14-,15-,16-,17-,18-,19-,20-,21-,22-,23-,24-,25-,26-,27-,28-,29-,30-,31-,32+,33-,34-,35-,36-,37-,38-,39-/m1/s1. The lowest BCUT2D eigenvalue weighted by Gasteiger charge is -2.51. The van der Waals surface area contributed by atoms with Crippen molar-refractivity contribution in [3.05, 3.63) is 0 Å². The molecule has 22 saturated heterocycles. The van der Waals surface area contributed by atoms with Crippen LogP contribution < -0.4 is 0 Å². The van der Waals surface area contributed by atoms with E-state index in [0.29, 0.717) is 0 Å². The molecule has 34 heteroatoms. The average Bonchev–Trinajstić information content (AvgIpc) is 3.36. The largest absolute Gasteiger partial charge is 0.394 e. The van der Waals surface area contributed by atoms with Gasteiger partial charge in [0.1, 0.15) is 146 Å². The second kappa shape index (κ2) is 25.2. The third kappa shape index (κ3) is 12.6. The van der Waals surface area contributed by atoms with Crippen molar-refractivity contribution in [2.24, 2.45) is 0 Å². The van der Waals surface area contributed by atoms with E-state index in [1.165, 1.54) is 0 Å². The third-order valence-corrected chi connectivity index (χ3v) is 14.3. The Morgan fingerprint density at radius 2 is 0.534 bits per heavy atom. The van der Waals surface area contributed by atoms with Crippen LogP contribution >= 0.6 is 0 Å². The molecule has 18 N–H and O–H groups in total. The second-order valence-electron chi connectivity index (χ2n) is 18.3. The minimum Gasteiger partial charge on any atom is -0.394 e. The summed E-state index contributed by atoms with van der Waals surface area (Å²) in [6, 6.07) is 0. The summed E-state index contributed by atoms with van der Waals surface area (Å²) >= 11 is 0. The van der Waals surface area contributed by atoms with Gasteiger partial charge < -0.3 is 148 Å². The molecule has 0 saturated carbocycles. The smallest absolute Gasteiger partial charge is 0.264 e. The molecule has 22 aliphatic rings. The van der Waals surface area contributed by atoms with Crippen LogP contribution in [0.1, 0.15) is 6.42 Å². The number of ether oxygens (including phenoxy) is 13. The molecule has 0 unspecified atom stereocenters. The molecule has 30 atom stereocenters. The van der Waals surface area contributed by atoms with Crippen LogP contribution in [0, 0.1) is 0 Å². The Kier molecular flexibility index (Phi) is 20.5. The zero-order valence-corrected chi connectivity index (χ0v) is 39.1. The minimum absolute atomic E-state index is 0.423. The highest BCUT2D eigenvalue weighted by Gasteiger charge is 2.59. The molecular formula is C39H66O33S. The highest BCUT2D eigenvalue weighted by molar-refractivity contribution is 7.85. The Bertz CT molecular complexity index is 1810. The molecule has 0 spiro atoms. The first-order chi connectivity index (χ1) is 34.6. The van der Waals surface area contributed by atoms with E-state index < -0.39 is 253 Å². The van der Waals surface area contributed by atoms with Gasteiger partial charge >= 0.3 is 0 Å². The summed E-state index contributed by atoms with van der Waals surface area (Å²) in [5.74, 6) is -0.852. The molecule has 0 radical (unpaired) electrons. The van der Waals surface area contributed by atoms with Crippen LogP contribution in [0.25, 0.3) is 0 Å². The Morgan fingerprint density at radius 3 is 0.767 bits per heavy atom. The first-order valence-corrected chi connectivity index (χ1v) is 24.8. The van der Waals surface area contributed by atoms with Gasteiger partial charge in [-0.3, -0.25) is 4.55 Å². The first kappa shape index (κ1) is 59.4. The number of hydrogen-bond acceptors (Lipinski definition) is 32. The van der Waals surface area contributed by atoms with Crippen LogP contribution in [-0.4, -0.2) is 336 Å². The lowest BCUT2D eigenvalue weighted by molar-refractivity contribution is -0.404. The van der Waals surface area contributed by atoms with Crippen molar-refractivity contribution in [1.82, 2.24) is 0 Å². The van der Waals surface area contributed by atoms with Gasteiger partial charge in [-0.25, -0.2) is 0 Å². The maximum Gasteiger partial charge on any atom is 0.264 e. The van der Waals surface area contributed by atoms with Gasteiger partial charge in [0.2, 0.25) is 0 Å². The van der Waals surface area contributed by atoms with Crippen LogP contribution in [0.2, 0.25) is 0 Å². The summed E-state index contributed by atoms with van der Waals surface area (Å²) < 4.78 is 107. The predicted octanol–water partition coefficient (Wildman–Crippen LogP) is -12.8. The van der Waals surface area contributed by atoms with Gasteiger partial charge in [0.25, 0.3) is 10.1 Å². The van der Waals surface area contributed by atoms with Crippen LogP contribution in [0.3, 0.4) is 0 Å². The molecule has 22 rings (SSSR count). The van der Waals surface area contributed by atoms with E-state index in [1.54, 1.807) is 0 Å². The van der Waals surface area contributed by atoms with Gasteiger partial charge in [0, 0.05) is 6.61 Å².